The Kier molecular flexibility index (Phi) is 4.94. The lowest BCUT2D eigenvalue weighted by atomic mass is 10.0. The van der Waals surface area contributed by atoms with Crippen LogP contribution >= 0.6 is 11.8 Å². The number of hydrogen-bond donors (Lipinski definition) is 1. The first kappa shape index (κ1) is 16.6. The number of hydrogen-bond acceptors (Lipinski definition) is 6. The maximum absolute atomic E-state index is 12.2. The van der Waals surface area contributed by atoms with E-state index < -0.39 is 5.63 Å². The Morgan fingerprint density at radius 3 is 2.92 bits per heavy atom. The second-order valence-corrected chi connectivity index (χ2v) is 6.85. The molecule has 0 fully saturated rings. The van der Waals surface area contributed by atoms with Crippen LogP contribution in [0.25, 0.3) is 0 Å². The number of para-hydroxylation sites is 1. The van der Waals surface area contributed by atoms with Crippen molar-refractivity contribution in [3.63, 3.8) is 0 Å². The number of aryl methyl sites for hydroxylation is 1. The summed E-state index contributed by atoms with van der Waals surface area (Å²) < 4.78 is 10.6. The molecule has 0 saturated heterocycles. The van der Waals surface area contributed by atoms with Gasteiger partial charge in [0, 0.05) is 35.6 Å². The van der Waals surface area contributed by atoms with Gasteiger partial charge in [-0.2, -0.15) is 11.8 Å². The third-order valence-corrected chi connectivity index (χ3v) is 5.16. The van der Waals surface area contributed by atoms with Gasteiger partial charge in [-0.05, 0) is 13.0 Å². The quantitative estimate of drug-likeness (QED) is 0.924. The molecule has 5 nitrogen and oxygen atoms in total. The van der Waals surface area contributed by atoms with Gasteiger partial charge in [0.1, 0.15) is 22.8 Å². The molecule has 1 aromatic carbocycles. The van der Waals surface area contributed by atoms with Gasteiger partial charge in [-0.25, -0.2) is 4.79 Å². The monoisotopic (exact) mass is 345 g/mol. The van der Waals surface area contributed by atoms with Crippen molar-refractivity contribution in [3.8, 4) is 11.5 Å². The van der Waals surface area contributed by atoms with E-state index >= 15 is 0 Å². The number of rotatable bonds is 3. The van der Waals surface area contributed by atoms with Gasteiger partial charge >= 0.3 is 5.63 Å². The van der Waals surface area contributed by atoms with Crippen LogP contribution in [0.1, 0.15) is 28.6 Å². The molecule has 2 heterocycles. The smallest absolute Gasteiger partial charge is 0.348 e. The second-order valence-electron chi connectivity index (χ2n) is 5.54. The van der Waals surface area contributed by atoms with Crippen LogP contribution in [0.15, 0.2) is 44.5 Å². The first-order valence-electron chi connectivity index (χ1n) is 7.72. The fraction of sp³-hybridized carbons (Fsp3) is 0.333. The molecule has 126 valence electrons. The number of aliphatic imine (C=N–C) groups is 1. The highest BCUT2D eigenvalue weighted by atomic mass is 32.2. The van der Waals surface area contributed by atoms with Crippen LogP contribution in [0, 0.1) is 6.92 Å². The number of thioether (sulfide) groups is 1. The summed E-state index contributed by atoms with van der Waals surface area (Å²) in [5.41, 5.74) is 1.28. The molecule has 0 aliphatic carbocycles. The number of benzene rings is 1. The van der Waals surface area contributed by atoms with Crippen LogP contribution in [0.3, 0.4) is 0 Å². The zero-order valence-electron chi connectivity index (χ0n) is 13.6. The van der Waals surface area contributed by atoms with Gasteiger partial charge in [0.05, 0.1) is 12.8 Å². The van der Waals surface area contributed by atoms with E-state index in [1.165, 1.54) is 6.07 Å². The highest BCUT2D eigenvalue weighted by Crippen LogP contribution is 2.40. The van der Waals surface area contributed by atoms with E-state index in [1.807, 2.05) is 24.3 Å². The van der Waals surface area contributed by atoms with Crippen molar-refractivity contribution in [2.75, 3.05) is 19.4 Å². The maximum atomic E-state index is 12.2. The van der Waals surface area contributed by atoms with Gasteiger partial charge in [-0.15, -0.1) is 0 Å². The summed E-state index contributed by atoms with van der Waals surface area (Å²) in [4.78, 5) is 16.7. The van der Waals surface area contributed by atoms with Crippen LogP contribution < -0.4 is 10.4 Å². The molecule has 1 aromatic heterocycles. The van der Waals surface area contributed by atoms with Crippen molar-refractivity contribution in [1.82, 2.24) is 0 Å². The fourth-order valence-electron chi connectivity index (χ4n) is 2.85. The Labute approximate surface area is 144 Å². The predicted molar refractivity (Wildman–Crippen MR) is 95.6 cm³/mol. The van der Waals surface area contributed by atoms with Crippen molar-refractivity contribution < 1.29 is 14.3 Å². The van der Waals surface area contributed by atoms with Crippen molar-refractivity contribution in [1.29, 1.82) is 0 Å². The van der Waals surface area contributed by atoms with Crippen LogP contribution in [0.2, 0.25) is 0 Å². The van der Waals surface area contributed by atoms with E-state index in [2.05, 4.69) is 4.99 Å². The Morgan fingerprint density at radius 1 is 1.38 bits per heavy atom. The van der Waals surface area contributed by atoms with E-state index in [-0.39, 0.29) is 16.6 Å². The molecule has 0 bridgehead atoms. The van der Waals surface area contributed by atoms with E-state index in [1.54, 1.807) is 25.8 Å². The Hall–Kier alpha value is -2.21. The Bertz CT molecular complexity index is 828. The molecular weight excluding hydrogens is 326 g/mol. The zero-order valence-corrected chi connectivity index (χ0v) is 14.4. The molecule has 0 saturated carbocycles. The first-order valence-corrected chi connectivity index (χ1v) is 8.77. The van der Waals surface area contributed by atoms with Gasteiger partial charge in [-0.3, -0.25) is 4.99 Å². The Morgan fingerprint density at radius 2 is 2.17 bits per heavy atom. The van der Waals surface area contributed by atoms with Gasteiger partial charge in [0.2, 0.25) is 0 Å². The number of methoxy groups -OCH3 is 1. The van der Waals surface area contributed by atoms with E-state index in [0.717, 1.165) is 17.1 Å². The number of ether oxygens (including phenoxy) is 1. The minimum atomic E-state index is -0.545. The van der Waals surface area contributed by atoms with E-state index in [4.69, 9.17) is 9.15 Å². The highest BCUT2D eigenvalue weighted by Gasteiger charge is 2.25. The Balaban J connectivity index is 1.99. The highest BCUT2D eigenvalue weighted by molar-refractivity contribution is 7.99. The number of nitrogens with zero attached hydrogens (tertiary/aromatic N) is 1. The normalized spacial score (nSPS) is 17.9. The molecule has 1 N–H and O–H groups in total. The summed E-state index contributed by atoms with van der Waals surface area (Å²) in [6.07, 6.45) is 0.534. The third-order valence-electron chi connectivity index (χ3n) is 3.92. The maximum Gasteiger partial charge on any atom is 0.348 e. The molecule has 0 spiro atoms. The summed E-state index contributed by atoms with van der Waals surface area (Å²) in [6, 6.07) is 9.30. The lowest BCUT2D eigenvalue weighted by Crippen LogP contribution is -2.17. The molecule has 0 amide bonds. The topological polar surface area (TPSA) is 72.0 Å². The fourth-order valence-corrected chi connectivity index (χ4v) is 3.98. The van der Waals surface area contributed by atoms with Gasteiger partial charge in [-0.1, -0.05) is 18.2 Å². The number of aromatic hydroxyl groups is 1. The minimum absolute atomic E-state index is 0.0758. The zero-order chi connectivity index (χ0) is 17.1. The lowest BCUT2D eigenvalue weighted by Gasteiger charge is -2.18. The molecule has 1 atom stereocenters. The van der Waals surface area contributed by atoms with Crippen LogP contribution in [0.4, 0.5) is 0 Å². The lowest BCUT2D eigenvalue weighted by molar-refractivity contribution is 0.409. The second kappa shape index (κ2) is 7.13. The van der Waals surface area contributed by atoms with Crippen molar-refractivity contribution in [2.45, 2.75) is 18.6 Å². The molecule has 2 aromatic rings. The van der Waals surface area contributed by atoms with Crippen LogP contribution in [-0.2, 0) is 0 Å². The SMILES string of the molecule is COc1ccccc1C1CC(c2c(O)cc(C)oc2=O)=NCCS1. The predicted octanol–water partition coefficient (Wildman–Crippen LogP) is 3.33. The minimum Gasteiger partial charge on any atom is -0.507 e. The van der Waals surface area contributed by atoms with Crippen molar-refractivity contribution in [2.24, 2.45) is 4.99 Å². The average molecular weight is 345 g/mol. The van der Waals surface area contributed by atoms with Crippen LogP contribution in [0.5, 0.6) is 11.5 Å². The molecule has 3 rings (SSSR count). The summed E-state index contributed by atoms with van der Waals surface area (Å²) in [7, 11) is 1.65. The van der Waals surface area contributed by atoms with Crippen LogP contribution in [-0.4, -0.2) is 30.2 Å². The third kappa shape index (κ3) is 3.33. The van der Waals surface area contributed by atoms with Crippen molar-refractivity contribution in [3.05, 3.63) is 57.6 Å². The van der Waals surface area contributed by atoms with Gasteiger partial charge in [0.25, 0.3) is 0 Å². The summed E-state index contributed by atoms with van der Waals surface area (Å²) in [5.74, 6) is 1.96. The molecule has 0 radical (unpaired) electrons. The van der Waals surface area contributed by atoms with Crippen molar-refractivity contribution >= 4 is 17.5 Å². The standard InChI is InChI=1S/C18H19NO4S/c1-11-9-14(20)17(18(21)23-11)13-10-16(24-8-7-19-13)12-5-3-4-6-15(12)22-2/h3-6,9,16,20H,7-8,10H2,1-2H3. The van der Waals surface area contributed by atoms with Gasteiger partial charge < -0.3 is 14.3 Å². The van der Waals surface area contributed by atoms with E-state index in [9.17, 15) is 9.90 Å². The average Bonchev–Trinajstić information content (AvgIpc) is 2.80. The molecule has 1 aliphatic heterocycles. The molecular formula is C18H19NO4S. The molecule has 6 heteroatoms. The molecule has 1 aliphatic rings. The van der Waals surface area contributed by atoms with E-state index in [0.29, 0.717) is 24.4 Å². The van der Waals surface area contributed by atoms with Gasteiger partial charge in [0.15, 0.2) is 0 Å². The largest absolute Gasteiger partial charge is 0.507 e. The molecule has 1 unspecified atom stereocenters. The summed E-state index contributed by atoms with van der Waals surface area (Å²) in [5, 5.41) is 10.3. The summed E-state index contributed by atoms with van der Waals surface area (Å²) >= 11 is 1.77. The first-order chi connectivity index (χ1) is 11.6. The molecule has 24 heavy (non-hydrogen) atoms. The summed E-state index contributed by atoms with van der Waals surface area (Å²) in [6.45, 7) is 2.23.